The van der Waals surface area contributed by atoms with Gasteiger partial charge in [-0.2, -0.15) is 0 Å². The lowest BCUT2D eigenvalue weighted by Crippen LogP contribution is -2.16. The molecule has 4 aromatic carbocycles. The number of nitrogens with zero attached hydrogens (tertiary/aromatic N) is 2. The van der Waals surface area contributed by atoms with E-state index >= 15 is 0 Å². The molecule has 6 aromatic rings. The van der Waals surface area contributed by atoms with Crippen molar-refractivity contribution in [3.63, 3.8) is 0 Å². The SMILES string of the molecule is Nc1ccc2c(=O)n3c4cccc5cccc(nc3c3cccc1c23)c54. The molecule has 0 unspecified atom stereocenters. The number of hydrogen-bond donors (Lipinski definition) is 1. The van der Waals surface area contributed by atoms with E-state index in [1.54, 1.807) is 10.5 Å². The minimum Gasteiger partial charge on any atom is -0.398 e. The minimum atomic E-state index is -0.0607. The fourth-order valence-electron chi connectivity index (χ4n) is 4.16. The van der Waals surface area contributed by atoms with Gasteiger partial charge in [-0.15, -0.1) is 0 Å². The summed E-state index contributed by atoms with van der Waals surface area (Å²) in [6, 6.07) is 21.6. The van der Waals surface area contributed by atoms with E-state index in [4.69, 9.17) is 10.7 Å². The third kappa shape index (κ3) is 1.49. The number of anilines is 1. The number of rotatable bonds is 0. The standard InChI is InChI=1S/C22H13N3O/c23-16-11-10-15-20-13(16)6-3-7-14(20)21-24-17-8-1-4-12-5-2-9-18(19(12)17)25(21)22(15)26/h1-11H,23H2. The van der Waals surface area contributed by atoms with E-state index in [9.17, 15) is 4.79 Å². The van der Waals surface area contributed by atoms with Crippen LogP contribution in [0.2, 0.25) is 0 Å². The Bertz CT molecular complexity index is 1560. The Morgan fingerprint density at radius 3 is 2.42 bits per heavy atom. The summed E-state index contributed by atoms with van der Waals surface area (Å²) in [4.78, 5) is 18.3. The molecule has 0 bridgehead atoms. The van der Waals surface area contributed by atoms with Crippen LogP contribution in [0.3, 0.4) is 0 Å². The maximum Gasteiger partial charge on any atom is 0.264 e. The van der Waals surface area contributed by atoms with Crippen LogP contribution >= 0.6 is 0 Å². The molecule has 0 atom stereocenters. The average molecular weight is 335 g/mol. The Balaban J connectivity index is 2.07. The van der Waals surface area contributed by atoms with Gasteiger partial charge in [0.2, 0.25) is 0 Å². The second-order valence-corrected chi connectivity index (χ2v) is 6.66. The summed E-state index contributed by atoms with van der Waals surface area (Å²) in [5, 5.41) is 5.48. The molecule has 0 amide bonds. The lowest BCUT2D eigenvalue weighted by molar-refractivity contribution is 1.15. The molecule has 0 spiro atoms. The smallest absolute Gasteiger partial charge is 0.264 e. The Morgan fingerprint density at radius 1 is 0.769 bits per heavy atom. The average Bonchev–Trinajstić information content (AvgIpc) is 2.67. The van der Waals surface area contributed by atoms with Crippen molar-refractivity contribution in [2.75, 3.05) is 5.73 Å². The van der Waals surface area contributed by atoms with Crippen molar-refractivity contribution in [2.45, 2.75) is 0 Å². The summed E-state index contributed by atoms with van der Waals surface area (Å²) in [6.45, 7) is 0. The van der Waals surface area contributed by atoms with Crippen molar-refractivity contribution in [3.8, 4) is 0 Å². The molecule has 2 N–H and O–H groups in total. The molecular weight excluding hydrogens is 322 g/mol. The van der Waals surface area contributed by atoms with Gasteiger partial charge < -0.3 is 5.73 Å². The predicted octanol–water partition coefficient (Wildman–Crippen LogP) is 4.33. The molecule has 0 saturated carbocycles. The third-order valence-electron chi connectivity index (χ3n) is 5.29. The number of benzene rings is 4. The zero-order valence-electron chi connectivity index (χ0n) is 13.7. The fraction of sp³-hybridized carbons (Fsp3) is 0. The molecule has 2 aromatic heterocycles. The molecule has 26 heavy (non-hydrogen) atoms. The van der Waals surface area contributed by atoms with Crippen LogP contribution in [0.15, 0.2) is 71.5 Å². The van der Waals surface area contributed by atoms with Gasteiger partial charge in [-0.05, 0) is 29.7 Å². The van der Waals surface area contributed by atoms with Gasteiger partial charge >= 0.3 is 0 Å². The molecule has 0 fully saturated rings. The van der Waals surface area contributed by atoms with E-state index in [-0.39, 0.29) is 5.56 Å². The second-order valence-electron chi connectivity index (χ2n) is 6.66. The summed E-state index contributed by atoms with van der Waals surface area (Å²) in [5.74, 6) is 0. The van der Waals surface area contributed by atoms with Gasteiger partial charge in [0.1, 0.15) is 5.65 Å². The molecule has 0 aliphatic carbocycles. The monoisotopic (exact) mass is 335 g/mol. The highest BCUT2D eigenvalue weighted by atomic mass is 16.1. The number of nitrogens with two attached hydrogens (primary N) is 1. The lowest BCUT2D eigenvalue weighted by Gasteiger charge is -2.14. The van der Waals surface area contributed by atoms with Crippen LogP contribution in [0.4, 0.5) is 5.69 Å². The molecule has 0 aliphatic heterocycles. The highest BCUT2D eigenvalue weighted by Gasteiger charge is 2.16. The number of fused-ring (bicyclic) bond motifs is 3. The fourth-order valence-corrected chi connectivity index (χ4v) is 4.16. The highest BCUT2D eigenvalue weighted by molar-refractivity contribution is 6.19. The van der Waals surface area contributed by atoms with Crippen LogP contribution < -0.4 is 11.3 Å². The Kier molecular flexibility index (Phi) is 2.35. The largest absolute Gasteiger partial charge is 0.398 e. The van der Waals surface area contributed by atoms with Crippen LogP contribution in [0.25, 0.3) is 49.0 Å². The van der Waals surface area contributed by atoms with Crippen LogP contribution in [-0.4, -0.2) is 9.38 Å². The first-order valence-electron chi connectivity index (χ1n) is 8.50. The van der Waals surface area contributed by atoms with Crippen molar-refractivity contribution in [1.82, 2.24) is 9.38 Å². The maximum absolute atomic E-state index is 13.4. The van der Waals surface area contributed by atoms with Crippen LogP contribution in [0.1, 0.15) is 0 Å². The number of hydrogen-bond acceptors (Lipinski definition) is 3. The normalized spacial score (nSPS) is 12.2. The zero-order valence-corrected chi connectivity index (χ0v) is 13.7. The van der Waals surface area contributed by atoms with Gasteiger partial charge in [0.25, 0.3) is 5.56 Å². The number of aromatic nitrogens is 2. The molecule has 4 heteroatoms. The number of nitrogen functional groups attached to an aromatic ring is 1. The Morgan fingerprint density at radius 2 is 1.54 bits per heavy atom. The van der Waals surface area contributed by atoms with E-state index < -0.39 is 0 Å². The molecule has 2 heterocycles. The first-order valence-corrected chi connectivity index (χ1v) is 8.50. The first-order chi connectivity index (χ1) is 12.7. The molecular formula is C22H13N3O. The van der Waals surface area contributed by atoms with E-state index in [0.717, 1.165) is 38.0 Å². The van der Waals surface area contributed by atoms with E-state index in [1.807, 2.05) is 60.7 Å². The third-order valence-corrected chi connectivity index (χ3v) is 5.29. The summed E-state index contributed by atoms with van der Waals surface area (Å²) in [7, 11) is 0. The van der Waals surface area contributed by atoms with E-state index in [1.165, 1.54) is 0 Å². The Hall–Kier alpha value is -3.66. The molecule has 4 nitrogen and oxygen atoms in total. The molecule has 122 valence electrons. The predicted molar refractivity (Wildman–Crippen MR) is 107 cm³/mol. The quantitative estimate of drug-likeness (QED) is 0.255. The van der Waals surface area contributed by atoms with Gasteiger partial charge in [0.05, 0.1) is 11.0 Å². The van der Waals surface area contributed by atoms with Gasteiger partial charge in [-0.25, -0.2) is 4.98 Å². The van der Waals surface area contributed by atoms with E-state index in [2.05, 4.69) is 0 Å². The Labute approximate surface area is 147 Å². The van der Waals surface area contributed by atoms with Crippen molar-refractivity contribution in [2.24, 2.45) is 0 Å². The van der Waals surface area contributed by atoms with Crippen LogP contribution in [0.5, 0.6) is 0 Å². The van der Waals surface area contributed by atoms with Gasteiger partial charge in [-0.3, -0.25) is 9.20 Å². The second kappa shape index (κ2) is 4.49. The highest BCUT2D eigenvalue weighted by Crippen LogP contribution is 2.33. The summed E-state index contributed by atoms with van der Waals surface area (Å²) >= 11 is 0. The van der Waals surface area contributed by atoms with Gasteiger partial charge in [0, 0.05) is 32.6 Å². The minimum absolute atomic E-state index is 0.0607. The lowest BCUT2D eigenvalue weighted by atomic mass is 10.0. The molecule has 0 saturated heterocycles. The molecule has 0 aliphatic rings. The van der Waals surface area contributed by atoms with Crippen LogP contribution in [-0.2, 0) is 0 Å². The maximum atomic E-state index is 13.4. The summed E-state index contributed by atoms with van der Waals surface area (Å²) < 4.78 is 1.74. The topological polar surface area (TPSA) is 60.4 Å². The van der Waals surface area contributed by atoms with Crippen molar-refractivity contribution in [3.05, 3.63) is 77.1 Å². The summed E-state index contributed by atoms with van der Waals surface area (Å²) in [6.07, 6.45) is 0. The van der Waals surface area contributed by atoms with E-state index in [0.29, 0.717) is 16.7 Å². The first kappa shape index (κ1) is 13.6. The van der Waals surface area contributed by atoms with Crippen molar-refractivity contribution in [1.29, 1.82) is 0 Å². The van der Waals surface area contributed by atoms with Crippen molar-refractivity contribution < 1.29 is 0 Å². The van der Waals surface area contributed by atoms with Gasteiger partial charge in [0.15, 0.2) is 0 Å². The molecule has 6 rings (SSSR count). The summed E-state index contributed by atoms with van der Waals surface area (Å²) in [5.41, 5.74) is 9.21. The van der Waals surface area contributed by atoms with Gasteiger partial charge in [-0.1, -0.05) is 42.5 Å². The number of pyridine rings is 1. The van der Waals surface area contributed by atoms with Crippen molar-refractivity contribution >= 4 is 54.7 Å². The molecule has 0 radical (unpaired) electrons. The zero-order chi connectivity index (χ0) is 17.4. The van der Waals surface area contributed by atoms with Crippen LogP contribution in [0, 0.1) is 0 Å².